The molecule has 2 atom stereocenters. The molecule has 4 rings (SSSR count). The Balaban J connectivity index is 1.65. The first-order valence-corrected chi connectivity index (χ1v) is 12.2. The molecule has 0 aliphatic carbocycles. The number of nitrogens with one attached hydrogen (secondary N) is 2. The van der Waals surface area contributed by atoms with Crippen molar-refractivity contribution in [3.05, 3.63) is 101 Å². The zero-order valence-corrected chi connectivity index (χ0v) is 21.2. The average Bonchev–Trinajstić information content (AvgIpc) is 3.36. The molecule has 3 aromatic carbocycles. The number of hydrogen-bond acceptors (Lipinski definition) is 4. The van der Waals surface area contributed by atoms with Gasteiger partial charge in [-0.05, 0) is 48.9 Å². The Bertz CT molecular complexity index is 1430. The normalized spacial score (nSPS) is 15.4. The van der Waals surface area contributed by atoms with Crippen molar-refractivity contribution in [1.82, 2.24) is 15.1 Å². The molecule has 3 aromatic rings. The number of aliphatic carboxylic acids is 1. The van der Waals surface area contributed by atoms with E-state index in [2.05, 4.69) is 10.6 Å². The highest BCUT2D eigenvalue weighted by molar-refractivity contribution is 6.00. The Hall–Kier alpha value is -4.87. The van der Waals surface area contributed by atoms with Crippen molar-refractivity contribution >= 4 is 29.5 Å². The van der Waals surface area contributed by atoms with Gasteiger partial charge in [-0.1, -0.05) is 29.8 Å². The van der Waals surface area contributed by atoms with Crippen LogP contribution in [-0.2, 0) is 9.59 Å². The quantitative estimate of drug-likeness (QED) is 0.407. The van der Waals surface area contributed by atoms with Gasteiger partial charge in [0, 0.05) is 24.7 Å². The lowest BCUT2D eigenvalue weighted by Crippen LogP contribution is -2.55. The summed E-state index contributed by atoms with van der Waals surface area (Å²) in [7, 11) is 0. The molecular formula is C28H25F3N4O5. The first kappa shape index (κ1) is 28.1. The lowest BCUT2D eigenvalue weighted by Gasteiger charge is -2.31. The van der Waals surface area contributed by atoms with E-state index in [0.29, 0.717) is 6.07 Å². The first-order valence-electron chi connectivity index (χ1n) is 12.2. The third-order valence-electron chi connectivity index (χ3n) is 6.37. The fraction of sp³-hybridized carbons (Fsp3) is 0.214. The summed E-state index contributed by atoms with van der Waals surface area (Å²) in [4.78, 5) is 53.9. The van der Waals surface area contributed by atoms with Crippen molar-refractivity contribution in [2.24, 2.45) is 0 Å². The maximum absolute atomic E-state index is 14.2. The number of benzene rings is 3. The fourth-order valence-electron chi connectivity index (χ4n) is 4.34. The monoisotopic (exact) mass is 554 g/mol. The Kier molecular flexibility index (Phi) is 8.37. The van der Waals surface area contributed by atoms with Gasteiger partial charge < -0.3 is 20.6 Å². The molecular weight excluding hydrogens is 529 g/mol. The summed E-state index contributed by atoms with van der Waals surface area (Å²) in [6.07, 6.45) is -2.11. The summed E-state index contributed by atoms with van der Waals surface area (Å²) in [5.74, 6) is -5.17. The van der Waals surface area contributed by atoms with E-state index < -0.39 is 59.9 Å². The number of aryl methyl sites for hydroxylation is 1. The molecule has 1 aliphatic rings. The molecule has 0 saturated carbocycles. The summed E-state index contributed by atoms with van der Waals surface area (Å²) in [5, 5.41) is 14.3. The van der Waals surface area contributed by atoms with Crippen molar-refractivity contribution in [1.29, 1.82) is 0 Å². The highest BCUT2D eigenvalue weighted by Crippen LogP contribution is 2.24. The van der Waals surface area contributed by atoms with Crippen LogP contribution < -0.4 is 10.6 Å². The van der Waals surface area contributed by atoms with Gasteiger partial charge in [-0.2, -0.15) is 0 Å². The van der Waals surface area contributed by atoms with Crippen LogP contribution >= 0.6 is 0 Å². The van der Waals surface area contributed by atoms with Crippen LogP contribution in [0.1, 0.15) is 33.9 Å². The molecule has 1 heterocycles. The van der Waals surface area contributed by atoms with Crippen molar-refractivity contribution < 1.29 is 37.5 Å². The minimum absolute atomic E-state index is 0.0652. The van der Waals surface area contributed by atoms with E-state index in [0.717, 1.165) is 39.6 Å². The summed E-state index contributed by atoms with van der Waals surface area (Å²) >= 11 is 0. The van der Waals surface area contributed by atoms with Crippen molar-refractivity contribution in [2.45, 2.75) is 25.6 Å². The maximum atomic E-state index is 14.2. The third-order valence-corrected chi connectivity index (χ3v) is 6.37. The van der Waals surface area contributed by atoms with Crippen LogP contribution in [0, 0.1) is 24.4 Å². The number of carbonyl (C=O) groups is 4. The van der Waals surface area contributed by atoms with Crippen LogP contribution in [0.4, 0.5) is 23.7 Å². The lowest BCUT2D eigenvalue weighted by molar-refractivity contribution is -0.138. The largest absolute Gasteiger partial charge is 0.481 e. The molecule has 208 valence electrons. The molecule has 0 spiro atoms. The highest BCUT2D eigenvalue weighted by Gasteiger charge is 2.44. The number of rotatable bonds is 7. The van der Waals surface area contributed by atoms with E-state index in [-0.39, 0.29) is 29.9 Å². The number of hydrogen-bond donors (Lipinski definition) is 3. The molecule has 4 amide bonds. The molecule has 3 N–H and O–H groups in total. The molecule has 40 heavy (non-hydrogen) atoms. The van der Waals surface area contributed by atoms with Crippen LogP contribution in [-0.4, -0.2) is 58.0 Å². The number of nitrogens with zero attached hydrogens (tertiary/aromatic N) is 2. The van der Waals surface area contributed by atoms with Crippen molar-refractivity contribution in [3.63, 3.8) is 0 Å². The molecule has 9 nitrogen and oxygen atoms in total. The summed E-state index contributed by atoms with van der Waals surface area (Å²) in [6.45, 7) is 1.65. The van der Waals surface area contributed by atoms with E-state index in [1.807, 2.05) is 6.92 Å². The van der Waals surface area contributed by atoms with Gasteiger partial charge in [0.15, 0.2) is 6.17 Å². The van der Waals surface area contributed by atoms with E-state index in [4.69, 9.17) is 0 Å². The number of halogens is 3. The standard InChI is InChI=1S/C28H25F3N4O5/c1-16-2-4-18(5-3-16)27(39)34-12-13-35(28(40)33-22-11-10-20(30)14-21(22)31)26(34)25(38)32-23(15-24(36)37)17-6-8-19(29)9-7-17/h2-11,14,23,26H,12-13,15H2,1H3,(H,32,38)(H,33,40)(H,36,37). The Morgan fingerprint density at radius 2 is 1.52 bits per heavy atom. The number of carbonyl (C=O) groups excluding carboxylic acids is 3. The van der Waals surface area contributed by atoms with Crippen molar-refractivity contribution in [3.8, 4) is 0 Å². The minimum atomic E-state index is -1.55. The molecule has 0 bridgehead atoms. The first-order chi connectivity index (χ1) is 19.0. The van der Waals surface area contributed by atoms with E-state index in [9.17, 15) is 37.5 Å². The van der Waals surface area contributed by atoms with Crippen LogP contribution in [0.2, 0.25) is 0 Å². The topological polar surface area (TPSA) is 119 Å². The van der Waals surface area contributed by atoms with Gasteiger partial charge >= 0.3 is 12.0 Å². The smallest absolute Gasteiger partial charge is 0.324 e. The average molecular weight is 555 g/mol. The second-order valence-corrected chi connectivity index (χ2v) is 9.20. The van der Waals surface area contributed by atoms with E-state index in [1.54, 1.807) is 24.3 Å². The summed E-state index contributed by atoms with van der Waals surface area (Å²) in [6, 6.07) is 11.9. The molecule has 1 aliphatic heterocycles. The van der Waals surface area contributed by atoms with E-state index in [1.165, 1.54) is 12.1 Å². The fourth-order valence-corrected chi connectivity index (χ4v) is 4.34. The van der Waals surface area contributed by atoms with Crippen molar-refractivity contribution in [2.75, 3.05) is 18.4 Å². The molecule has 0 radical (unpaired) electrons. The minimum Gasteiger partial charge on any atom is -0.481 e. The van der Waals surface area contributed by atoms with Gasteiger partial charge in [0.2, 0.25) is 0 Å². The molecule has 0 aromatic heterocycles. The van der Waals surface area contributed by atoms with Crippen LogP contribution in [0.5, 0.6) is 0 Å². The number of carboxylic acids is 1. The second kappa shape index (κ2) is 11.9. The number of amides is 4. The molecule has 1 saturated heterocycles. The predicted molar refractivity (Wildman–Crippen MR) is 138 cm³/mol. The van der Waals surface area contributed by atoms with Crippen LogP contribution in [0.3, 0.4) is 0 Å². The predicted octanol–water partition coefficient (Wildman–Crippen LogP) is 4.06. The van der Waals surface area contributed by atoms with Crippen LogP contribution in [0.25, 0.3) is 0 Å². The number of urea groups is 1. The number of carboxylic acid groups (broad SMARTS) is 1. The van der Waals surface area contributed by atoms with Gasteiger partial charge in [0.1, 0.15) is 17.5 Å². The maximum Gasteiger partial charge on any atom is 0.324 e. The SMILES string of the molecule is Cc1ccc(C(=O)N2CCN(C(=O)Nc3ccc(F)cc3F)C2C(=O)NC(CC(=O)O)c2ccc(F)cc2)cc1. The van der Waals surface area contributed by atoms with Gasteiger partial charge in [0.25, 0.3) is 11.8 Å². The van der Waals surface area contributed by atoms with Gasteiger partial charge in [-0.25, -0.2) is 18.0 Å². The third kappa shape index (κ3) is 6.40. The van der Waals surface area contributed by atoms with Gasteiger partial charge in [-0.3, -0.25) is 19.3 Å². The molecule has 1 fully saturated rings. The van der Waals surface area contributed by atoms with E-state index >= 15 is 0 Å². The summed E-state index contributed by atoms with van der Waals surface area (Å²) < 4.78 is 41.0. The zero-order valence-electron chi connectivity index (χ0n) is 21.2. The second-order valence-electron chi connectivity index (χ2n) is 9.20. The number of anilines is 1. The Morgan fingerprint density at radius 1 is 0.900 bits per heavy atom. The lowest BCUT2D eigenvalue weighted by atomic mass is 10.0. The zero-order chi connectivity index (χ0) is 29.0. The Morgan fingerprint density at radius 3 is 2.15 bits per heavy atom. The highest BCUT2D eigenvalue weighted by atomic mass is 19.1. The molecule has 2 unspecified atom stereocenters. The Labute approximate surface area is 227 Å². The van der Waals surface area contributed by atoms with Gasteiger partial charge in [0.05, 0.1) is 18.2 Å². The van der Waals surface area contributed by atoms with Gasteiger partial charge in [-0.15, -0.1) is 0 Å². The summed E-state index contributed by atoms with van der Waals surface area (Å²) in [5.41, 5.74) is 1.08. The molecule has 12 heteroatoms. The van der Waals surface area contributed by atoms with Crippen LogP contribution in [0.15, 0.2) is 66.7 Å².